The Bertz CT molecular complexity index is 315. The maximum atomic E-state index is 6.14. The predicted molar refractivity (Wildman–Crippen MR) is 59.8 cm³/mol. The standard InChI is InChI=1S/C10H14ClNOS/c1-6-2-4-13-9(6)8(12)10-7(11)3-5-14-10/h3,5-6,8-9H,2,4,12H2,1H3. The van der Waals surface area contributed by atoms with E-state index in [4.69, 9.17) is 22.1 Å². The lowest BCUT2D eigenvalue weighted by Gasteiger charge is -2.21. The molecule has 2 rings (SSSR count). The zero-order valence-corrected chi connectivity index (χ0v) is 9.65. The zero-order chi connectivity index (χ0) is 10.1. The van der Waals surface area contributed by atoms with Gasteiger partial charge in [-0.2, -0.15) is 0 Å². The summed E-state index contributed by atoms with van der Waals surface area (Å²) in [6.07, 6.45) is 1.23. The zero-order valence-electron chi connectivity index (χ0n) is 8.07. The molecule has 0 amide bonds. The fourth-order valence-corrected chi connectivity index (χ4v) is 3.09. The third kappa shape index (κ3) is 1.82. The summed E-state index contributed by atoms with van der Waals surface area (Å²) in [7, 11) is 0. The quantitative estimate of drug-likeness (QED) is 0.850. The van der Waals surface area contributed by atoms with Crippen LogP contribution in [-0.2, 0) is 4.74 Å². The number of hydrogen-bond acceptors (Lipinski definition) is 3. The molecule has 1 saturated heterocycles. The van der Waals surface area contributed by atoms with Crippen molar-refractivity contribution in [1.82, 2.24) is 0 Å². The first-order chi connectivity index (χ1) is 6.70. The Kier molecular flexibility index (Phi) is 3.12. The Labute approximate surface area is 93.0 Å². The normalized spacial score (nSPS) is 29.4. The molecule has 3 atom stereocenters. The number of nitrogens with two attached hydrogens (primary N) is 1. The van der Waals surface area contributed by atoms with Gasteiger partial charge in [-0.15, -0.1) is 11.3 Å². The van der Waals surface area contributed by atoms with E-state index in [9.17, 15) is 0 Å². The minimum Gasteiger partial charge on any atom is -0.376 e. The summed E-state index contributed by atoms with van der Waals surface area (Å²) in [6, 6.07) is 1.82. The first-order valence-corrected chi connectivity index (χ1v) is 6.06. The molecule has 0 radical (unpaired) electrons. The third-order valence-electron chi connectivity index (χ3n) is 2.75. The summed E-state index contributed by atoms with van der Waals surface area (Å²) in [5.74, 6) is 0.531. The molecule has 0 spiro atoms. The summed E-state index contributed by atoms with van der Waals surface area (Å²) < 4.78 is 5.63. The highest BCUT2D eigenvalue weighted by Crippen LogP contribution is 2.35. The molecule has 1 fully saturated rings. The monoisotopic (exact) mass is 231 g/mol. The van der Waals surface area contributed by atoms with E-state index in [-0.39, 0.29) is 12.1 Å². The Morgan fingerprint density at radius 1 is 1.71 bits per heavy atom. The molecule has 2 heterocycles. The van der Waals surface area contributed by atoms with Gasteiger partial charge in [-0.05, 0) is 23.8 Å². The van der Waals surface area contributed by atoms with Crippen molar-refractivity contribution in [3.63, 3.8) is 0 Å². The van der Waals surface area contributed by atoms with Crippen LogP contribution < -0.4 is 5.73 Å². The Balaban J connectivity index is 2.15. The van der Waals surface area contributed by atoms with Crippen LogP contribution >= 0.6 is 22.9 Å². The molecule has 0 aliphatic carbocycles. The van der Waals surface area contributed by atoms with Crippen molar-refractivity contribution >= 4 is 22.9 Å². The number of rotatable bonds is 2. The molecule has 4 heteroatoms. The van der Waals surface area contributed by atoms with Crippen LogP contribution in [0.25, 0.3) is 0 Å². The van der Waals surface area contributed by atoms with Crippen molar-refractivity contribution in [3.8, 4) is 0 Å². The van der Waals surface area contributed by atoms with Crippen molar-refractivity contribution in [3.05, 3.63) is 21.3 Å². The molecule has 1 aliphatic rings. The molecule has 0 bridgehead atoms. The molecule has 3 unspecified atom stereocenters. The second kappa shape index (κ2) is 4.19. The first kappa shape index (κ1) is 10.4. The highest BCUT2D eigenvalue weighted by Gasteiger charge is 2.32. The van der Waals surface area contributed by atoms with Crippen LogP contribution in [0.2, 0.25) is 5.02 Å². The van der Waals surface area contributed by atoms with E-state index in [1.165, 1.54) is 0 Å². The summed E-state index contributed by atoms with van der Waals surface area (Å²) in [5.41, 5.74) is 6.14. The Morgan fingerprint density at radius 2 is 2.50 bits per heavy atom. The summed E-state index contributed by atoms with van der Waals surface area (Å²) in [5, 5.41) is 2.74. The summed E-state index contributed by atoms with van der Waals surface area (Å²) >= 11 is 7.65. The first-order valence-electron chi connectivity index (χ1n) is 4.80. The van der Waals surface area contributed by atoms with E-state index in [0.29, 0.717) is 5.92 Å². The lowest BCUT2D eigenvalue weighted by Crippen LogP contribution is -2.29. The lowest BCUT2D eigenvalue weighted by molar-refractivity contribution is 0.0734. The van der Waals surface area contributed by atoms with Gasteiger partial charge < -0.3 is 10.5 Å². The largest absolute Gasteiger partial charge is 0.376 e. The summed E-state index contributed by atoms with van der Waals surface area (Å²) in [4.78, 5) is 1.05. The smallest absolute Gasteiger partial charge is 0.0802 e. The third-order valence-corrected chi connectivity index (χ3v) is 4.21. The number of halogens is 1. The van der Waals surface area contributed by atoms with E-state index in [2.05, 4.69) is 6.92 Å². The van der Waals surface area contributed by atoms with Crippen LogP contribution in [0.15, 0.2) is 11.4 Å². The average molecular weight is 232 g/mol. The maximum Gasteiger partial charge on any atom is 0.0802 e. The van der Waals surface area contributed by atoms with Crippen molar-refractivity contribution in [1.29, 1.82) is 0 Å². The van der Waals surface area contributed by atoms with E-state index in [1.807, 2.05) is 11.4 Å². The Morgan fingerprint density at radius 3 is 3.00 bits per heavy atom. The molecule has 0 aromatic carbocycles. The molecule has 0 saturated carbocycles. The van der Waals surface area contributed by atoms with Gasteiger partial charge >= 0.3 is 0 Å². The van der Waals surface area contributed by atoms with E-state index in [0.717, 1.165) is 22.9 Å². The van der Waals surface area contributed by atoms with Crippen molar-refractivity contribution in [2.24, 2.45) is 11.7 Å². The van der Waals surface area contributed by atoms with Gasteiger partial charge in [-0.3, -0.25) is 0 Å². The van der Waals surface area contributed by atoms with Crippen LogP contribution in [-0.4, -0.2) is 12.7 Å². The van der Waals surface area contributed by atoms with Crippen LogP contribution in [0.3, 0.4) is 0 Å². The molecule has 2 nitrogen and oxygen atoms in total. The van der Waals surface area contributed by atoms with Gasteiger partial charge in [-0.25, -0.2) is 0 Å². The van der Waals surface area contributed by atoms with Gasteiger partial charge in [0.1, 0.15) is 0 Å². The van der Waals surface area contributed by atoms with Crippen molar-refractivity contribution < 1.29 is 4.74 Å². The maximum absolute atomic E-state index is 6.14. The van der Waals surface area contributed by atoms with Crippen LogP contribution in [0.1, 0.15) is 24.3 Å². The number of ether oxygens (including phenoxy) is 1. The van der Waals surface area contributed by atoms with Gasteiger partial charge in [0.05, 0.1) is 17.2 Å². The lowest BCUT2D eigenvalue weighted by atomic mass is 9.97. The molecule has 78 valence electrons. The highest BCUT2D eigenvalue weighted by molar-refractivity contribution is 7.10. The van der Waals surface area contributed by atoms with Crippen LogP contribution in [0.4, 0.5) is 0 Å². The molecular formula is C10H14ClNOS. The minimum atomic E-state index is -0.0694. The summed E-state index contributed by atoms with van der Waals surface area (Å²) in [6.45, 7) is 3.00. The molecule has 1 aliphatic heterocycles. The van der Waals surface area contributed by atoms with Crippen LogP contribution in [0, 0.1) is 5.92 Å². The van der Waals surface area contributed by atoms with E-state index < -0.39 is 0 Å². The van der Waals surface area contributed by atoms with Crippen molar-refractivity contribution in [2.45, 2.75) is 25.5 Å². The second-order valence-electron chi connectivity index (χ2n) is 3.76. The van der Waals surface area contributed by atoms with E-state index in [1.54, 1.807) is 11.3 Å². The molecule has 14 heavy (non-hydrogen) atoms. The SMILES string of the molecule is CC1CCOC1C(N)c1sccc1Cl. The predicted octanol–water partition coefficient (Wildman–Crippen LogP) is 2.83. The highest BCUT2D eigenvalue weighted by atomic mass is 35.5. The average Bonchev–Trinajstić information content (AvgIpc) is 2.73. The van der Waals surface area contributed by atoms with Gasteiger partial charge in [0.15, 0.2) is 0 Å². The minimum absolute atomic E-state index is 0.0694. The molecule has 1 aromatic heterocycles. The molecule has 1 aromatic rings. The van der Waals surface area contributed by atoms with Gasteiger partial charge in [0.25, 0.3) is 0 Å². The topological polar surface area (TPSA) is 35.2 Å². The fraction of sp³-hybridized carbons (Fsp3) is 0.600. The van der Waals surface area contributed by atoms with Gasteiger partial charge in [0, 0.05) is 11.5 Å². The van der Waals surface area contributed by atoms with Gasteiger partial charge in [-0.1, -0.05) is 18.5 Å². The fourth-order valence-electron chi connectivity index (χ4n) is 1.87. The van der Waals surface area contributed by atoms with Crippen molar-refractivity contribution in [2.75, 3.05) is 6.61 Å². The molecular weight excluding hydrogens is 218 g/mol. The Hall–Kier alpha value is -0.0900. The second-order valence-corrected chi connectivity index (χ2v) is 5.11. The van der Waals surface area contributed by atoms with E-state index >= 15 is 0 Å². The van der Waals surface area contributed by atoms with Crippen LogP contribution in [0.5, 0.6) is 0 Å². The van der Waals surface area contributed by atoms with Gasteiger partial charge in [0.2, 0.25) is 0 Å². The number of hydrogen-bond donors (Lipinski definition) is 1. The number of thiophene rings is 1. The molecule has 2 N–H and O–H groups in total.